The van der Waals surface area contributed by atoms with Gasteiger partial charge in [0.25, 0.3) is 0 Å². The Bertz CT molecular complexity index is 1500. The van der Waals surface area contributed by atoms with Crippen LogP contribution in [0, 0.1) is 11.7 Å². The number of nitrogens with one attached hydrogen (secondary N) is 3. The van der Waals surface area contributed by atoms with Gasteiger partial charge >= 0.3 is 6.03 Å². The number of allylic oxidation sites excluding steroid dienone is 4. The molecule has 0 spiro atoms. The summed E-state index contributed by atoms with van der Waals surface area (Å²) in [6, 6.07) is 6.02. The molecule has 10 nitrogen and oxygen atoms in total. The maximum absolute atomic E-state index is 14.8. The first-order chi connectivity index (χ1) is 20.8. The highest BCUT2D eigenvalue weighted by Crippen LogP contribution is 2.50. The van der Waals surface area contributed by atoms with E-state index in [1.807, 2.05) is 13.0 Å². The van der Waals surface area contributed by atoms with Crippen LogP contribution in [0.5, 0.6) is 5.75 Å². The summed E-state index contributed by atoms with van der Waals surface area (Å²) in [6.07, 6.45) is 5.99. The van der Waals surface area contributed by atoms with Crippen LogP contribution in [0.4, 0.5) is 20.7 Å². The maximum Gasteiger partial charge on any atom is 0.319 e. The number of halogens is 1. The van der Waals surface area contributed by atoms with Crippen molar-refractivity contribution in [2.24, 2.45) is 5.92 Å². The second-order valence-corrected chi connectivity index (χ2v) is 11.4. The number of likely N-dealkylation sites (N-methyl/N-ethyl adjacent to an activating group) is 1. The number of pyridine rings is 1. The molecule has 1 saturated carbocycles. The number of hydrogen-bond acceptors (Lipinski definition) is 7. The summed E-state index contributed by atoms with van der Waals surface area (Å²) in [5.74, 6) is 2.08. The van der Waals surface area contributed by atoms with Crippen LogP contribution in [-0.4, -0.2) is 71.6 Å². The summed E-state index contributed by atoms with van der Waals surface area (Å²) in [5.41, 5.74) is 2.70. The van der Waals surface area contributed by atoms with Crippen LogP contribution in [0.25, 0.3) is 0 Å². The molecule has 4 heterocycles. The average molecular weight is 589 g/mol. The molecule has 1 aromatic carbocycles. The van der Waals surface area contributed by atoms with Crippen LogP contribution in [0.3, 0.4) is 0 Å². The van der Waals surface area contributed by atoms with Crippen molar-refractivity contribution in [2.75, 3.05) is 43.4 Å². The number of piperazine rings is 1. The first-order valence-electron chi connectivity index (χ1n) is 14.8. The molecule has 1 aromatic heterocycles. The second-order valence-electron chi connectivity index (χ2n) is 11.4. The fourth-order valence-electron chi connectivity index (χ4n) is 5.88. The van der Waals surface area contributed by atoms with Gasteiger partial charge in [0, 0.05) is 62.2 Å². The molecule has 226 valence electrons. The lowest BCUT2D eigenvalue weighted by Crippen LogP contribution is -2.45. The van der Waals surface area contributed by atoms with Crippen LogP contribution in [0.1, 0.15) is 31.4 Å². The normalized spacial score (nSPS) is 24.6. The minimum absolute atomic E-state index is 0.0188. The number of nitrogens with zero attached hydrogens (tertiary/aromatic N) is 3. The Morgan fingerprint density at radius 1 is 1.23 bits per heavy atom. The fraction of sp³-hybridized carbons (Fsp3) is 0.406. The highest BCUT2D eigenvalue weighted by atomic mass is 19.1. The van der Waals surface area contributed by atoms with E-state index in [4.69, 9.17) is 9.47 Å². The SMILES string of the molecule is C=C1/C(=C\C=C(/C)Oc2ccnc3c2CCC(=O)N3)O[C@@H]2[C@@H](NC(=O)Nc3ccc(CN4CCN(CC)CC4)c(F)c3)[C@H]12. The van der Waals surface area contributed by atoms with Crippen molar-refractivity contribution in [3.8, 4) is 5.75 Å². The number of fused-ring (bicyclic) bond motifs is 2. The Labute approximate surface area is 250 Å². The molecule has 3 N–H and O–H groups in total. The molecule has 1 aliphatic carbocycles. The lowest BCUT2D eigenvalue weighted by molar-refractivity contribution is -0.116. The van der Waals surface area contributed by atoms with Crippen molar-refractivity contribution in [2.45, 2.75) is 45.4 Å². The van der Waals surface area contributed by atoms with Gasteiger partial charge in [0.15, 0.2) is 0 Å². The van der Waals surface area contributed by atoms with Gasteiger partial charge in [-0.3, -0.25) is 9.69 Å². The van der Waals surface area contributed by atoms with E-state index in [2.05, 4.69) is 44.2 Å². The van der Waals surface area contributed by atoms with Gasteiger partial charge in [-0.1, -0.05) is 19.6 Å². The zero-order chi connectivity index (χ0) is 30.1. The number of rotatable bonds is 8. The van der Waals surface area contributed by atoms with Crippen molar-refractivity contribution >= 4 is 23.4 Å². The minimum Gasteiger partial charge on any atom is -0.487 e. The number of amides is 3. The van der Waals surface area contributed by atoms with Crippen molar-refractivity contribution in [3.05, 3.63) is 83.2 Å². The first-order valence-corrected chi connectivity index (χ1v) is 14.8. The van der Waals surface area contributed by atoms with E-state index in [0.717, 1.165) is 43.9 Å². The Kier molecular flexibility index (Phi) is 8.18. The van der Waals surface area contributed by atoms with Gasteiger partial charge in [-0.25, -0.2) is 14.2 Å². The number of anilines is 2. The van der Waals surface area contributed by atoms with E-state index in [1.165, 1.54) is 6.07 Å². The molecule has 43 heavy (non-hydrogen) atoms. The van der Waals surface area contributed by atoms with Gasteiger partial charge in [0.2, 0.25) is 5.91 Å². The van der Waals surface area contributed by atoms with Crippen LogP contribution in [-0.2, 0) is 22.5 Å². The zero-order valence-electron chi connectivity index (χ0n) is 24.5. The molecule has 3 amide bonds. The molecule has 3 fully saturated rings. The van der Waals surface area contributed by atoms with E-state index >= 15 is 0 Å². The number of hydrogen-bond donors (Lipinski definition) is 3. The summed E-state index contributed by atoms with van der Waals surface area (Å²) in [5, 5.41) is 8.43. The Morgan fingerprint density at radius 3 is 2.74 bits per heavy atom. The Balaban J connectivity index is 0.979. The Hall–Kier alpha value is -4.22. The molecule has 0 unspecified atom stereocenters. The molecule has 0 bridgehead atoms. The third-order valence-corrected chi connectivity index (χ3v) is 8.46. The molecular weight excluding hydrogens is 551 g/mol. The number of urea groups is 1. The van der Waals surface area contributed by atoms with Crippen molar-refractivity contribution < 1.29 is 23.5 Å². The first kappa shape index (κ1) is 28.9. The summed E-state index contributed by atoms with van der Waals surface area (Å²) < 4.78 is 26.9. The summed E-state index contributed by atoms with van der Waals surface area (Å²) >= 11 is 0. The van der Waals surface area contributed by atoms with E-state index in [9.17, 15) is 14.0 Å². The van der Waals surface area contributed by atoms with Crippen molar-refractivity contribution in [1.29, 1.82) is 0 Å². The third kappa shape index (κ3) is 6.42. The number of carbonyl (C=O) groups is 2. The monoisotopic (exact) mass is 588 g/mol. The molecule has 0 radical (unpaired) electrons. The summed E-state index contributed by atoms with van der Waals surface area (Å²) in [6.45, 7) is 13.6. The predicted octanol–water partition coefficient (Wildman–Crippen LogP) is 4.18. The summed E-state index contributed by atoms with van der Waals surface area (Å²) in [7, 11) is 0. The van der Waals surface area contributed by atoms with Crippen LogP contribution in [0.15, 0.2) is 66.3 Å². The molecule has 2 saturated heterocycles. The lowest BCUT2D eigenvalue weighted by Gasteiger charge is -2.34. The molecule has 6 rings (SSSR count). The van der Waals surface area contributed by atoms with Crippen molar-refractivity contribution in [1.82, 2.24) is 20.1 Å². The van der Waals surface area contributed by atoms with E-state index in [1.54, 1.807) is 30.5 Å². The molecular formula is C32H37FN6O4. The molecule has 3 aliphatic heterocycles. The Morgan fingerprint density at radius 2 is 2.02 bits per heavy atom. The smallest absolute Gasteiger partial charge is 0.319 e. The minimum atomic E-state index is -0.412. The average Bonchev–Trinajstić information content (AvgIpc) is 3.55. The quantitative estimate of drug-likeness (QED) is 0.397. The maximum atomic E-state index is 14.8. The van der Waals surface area contributed by atoms with Gasteiger partial charge in [-0.15, -0.1) is 0 Å². The molecule has 11 heteroatoms. The number of aromatic nitrogens is 1. The largest absolute Gasteiger partial charge is 0.487 e. The predicted molar refractivity (Wildman–Crippen MR) is 161 cm³/mol. The van der Waals surface area contributed by atoms with E-state index < -0.39 is 6.03 Å². The van der Waals surface area contributed by atoms with Gasteiger partial charge in [0.1, 0.15) is 35.0 Å². The van der Waals surface area contributed by atoms with E-state index in [0.29, 0.717) is 53.7 Å². The third-order valence-electron chi connectivity index (χ3n) is 8.46. The zero-order valence-corrected chi connectivity index (χ0v) is 24.5. The van der Waals surface area contributed by atoms with E-state index in [-0.39, 0.29) is 29.8 Å². The highest BCUT2D eigenvalue weighted by Gasteiger charge is 2.60. The fourth-order valence-corrected chi connectivity index (χ4v) is 5.88. The summed E-state index contributed by atoms with van der Waals surface area (Å²) in [4.78, 5) is 33.2. The van der Waals surface area contributed by atoms with Gasteiger partial charge in [-0.2, -0.15) is 0 Å². The lowest BCUT2D eigenvalue weighted by atomic mass is 10.1. The van der Waals surface area contributed by atoms with Crippen molar-refractivity contribution in [3.63, 3.8) is 0 Å². The molecule has 4 aliphatic rings. The molecule has 3 atom stereocenters. The van der Waals surface area contributed by atoms with Gasteiger partial charge in [0.05, 0.1) is 12.0 Å². The van der Waals surface area contributed by atoms with Gasteiger partial charge in [-0.05, 0) is 55.8 Å². The van der Waals surface area contributed by atoms with Crippen LogP contribution in [0.2, 0.25) is 0 Å². The van der Waals surface area contributed by atoms with Crippen LogP contribution >= 0.6 is 0 Å². The number of carbonyl (C=O) groups excluding carboxylic acids is 2. The second kappa shape index (κ2) is 12.2. The van der Waals surface area contributed by atoms with Crippen LogP contribution < -0.4 is 20.7 Å². The number of benzene rings is 1. The topological polar surface area (TPSA) is 108 Å². The highest BCUT2D eigenvalue weighted by molar-refractivity contribution is 5.93. The number of ether oxygens (including phenoxy) is 2. The molecule has 2 aromatic rings. The van der Waals surface area contributed by atoms with Gasteiger partial charge < -0.3 is 30.3 Å². The standard InChI is InChI=1S/C32H37FN6O4/c1-4-38-13-15-39(16-14-38)18-21-6-7-22(17-24(21)33)35-32(41)37-29-28-20(3)25(43-30(28)29)9-5-19(2)42-26-11-12-34-31-23(26)8-10-27(40)36-31/h5-7,9,11-12,17,28-30H,3-4,8,10,13-16,18H2,1-2H3,(H,34,36,40)(H2,35,37,41)/b19-5+,25-9+/t28-,29-,30-/m0/s1.